The molecule has 0 radical (unpaired) electrons. The summed E-state index contributed by atoms with van der Waals surface area (Å²) in [6.07, 6.45) is -5.65. The lowest BCUT2D eigenvalue weighted by atomic mass is 9.87. The zero-order chi connectivity index (χ0) is 30.0. The maximum Gasteiger partial charge on any atom is 0.435 e. The molecule has 2 heterocycles. The third-order valence-electron chi connectivity index (χ3n) is 7.19. The van der Waals surface area contributed by atoms with Gasteiger partial charge in [-0.1, -0.05) is 19.8 Å². The first-order valence-corrected chi connectivity index (χ1v) is 13.4. The van der Waals surface area contributed by atoms with Gasteiger partial charge in [-0.05, 0) is 70.4 Å². The average molecular weight is 643 g/mol. The van der Waals surface area contributed by atoms with Gasteiger partial charge in [0.2, 0.25) is 5.91 Å². The highest BCUT2D eigenvalue weighted by molar-refractivity contribution is 9.10. The van der Waals surface area contributed by atoms with Gasteiger partial charge in [-0.3, -0.25) is 4.79 Å². The van der Waals surface area contributed by atoms with E-state index in [-0.39, 0.29) is 33.8 Å². The molecule has 1 fully saturated rings. The van der Waals surface area contributed by atoms with Gasteiger partial charge in [0, 0.05) is 33.9 Å². The first kappa shape index (κ1) is 29.1. The molecule has 1 unspecified atom stereocenters. The van der Waals surface area contributed by atoms with Crippen LogP contribution in [0.25, 0.3) is 0 Å². The zero-order valence-electron chi connectivity index (χ0n) is 21.5. The molecular weight excluding hydrogens is 621 g/mol. The van der Waals surface area contributed by atoms with Crippen LogP contribution in [0.1, 0.15) is 72.0 Å². The van der Waals surface area contributed by atoms with E-state index in [1.54, 1.807) is 0 Å². The SMILES string of the molecule is CC(C)C#Cc1ccc(Br)c([C@@H](Cc2cc(F)cc(F)c2)C(C(N)=O)n2nc(C(F)(F)F)c3c2C(F)(F)[C@@H]2C[C@H]32)n1. The number of nitrogens with two attached hydrogens (primary N) is 1. The van der Waals surface area contributed by atoms with Crippen LogP contribution in [-0.4, -0.2) is 20.7 Å². The van der Waals surface area contributed by atoms with Crippen LogP contribution in [0.15, 0.2) is 34.8 Å². The molecule has 3 aromatic rings. The Morgan fingerprint density at radius 3 is 2.44 bits per heavy atom. The fraction of sp³-hybridized carbons (Fsp3) is 0.393. The Morgan fingerprint density at radius 1 is 1.20 bits per heavy atom. The molecule has 2 aliphatic carbocycles. The van der Waals surface area contributed by atoms with Crippen molar-refractivity contribution in [1.29, 1.82) is 0 Å². The number of alkyl halides is 5. The Morgan fingerprint density at radius 2 is 1.85 bits per heavy atom. The molecule has 1 amide bonds. The molecule has 5 nitrogen and oxygen atoms in total. The normalized spacial score (nSPS) is 20.2. The third-order valence-corrected chi connectivity index (χ3v) is 7.86. The number of amides is 1. The predicted octanol–water partition coefficient (Wildman–Crippen LogP) is 6.61. The molecular formula is C28H22BrF7N4O. The van der Waals surface area contributed by atoms with Crippen LogP contribution in [0.2, 0.25) is 0 Å². The lowest BCUT2D eigenvalue weighted by molar-refractivity contribution is -0.142. The number of benzene rings is 1. The monoisotopic (exact) mass is 642 g/mol. The highest BCUT2D eigenvalue weighted by Crippen LogP contribution is 2.69. The summed E-state index contributed by atoms with van der Waals surface area (Å²) in [7, 11) is 0. The summed E-state index contributed by atoms with van der Waals surface area (Å²) >= 11 is 3.31. The molecule has 4 atom stereocenters. The fourth-order valence-corrected chi connectivity index (χ4v) is 5.98. The lowest BCUT2D eigenvalue weighted by Crippen LogP contribution is -2.37. The van der Waals surface area contributed by atoms with Gasteiger partial charge in [-0.15, -0.1) is 0 Å². The van der Waals surface area contributed by atoms with Crippen LogP contribution in [0.4, 0.5) is 30.7 Å². The van der Waals surface area contributed by atoms with Crippen LogP contribution in [-0.2, 0) is 23.3 Å². The van der Waals surface area contributed by atoms with E-state index in [4.69, 9.17) is 5.73 Å². The summed E-state index contributed by atoms with van der Waals surface area (Å²) in [6.45, 7) is 3.66. The van der Waals surface area contributed by atoms with E-state index in [2.05, 4.69) is 37.9 Å². The highest BCUT2D eigenvalue weighted by atomic mass is 79.9. The maximum atomic E-state index is 15.5. The average Bonchev–Trinajstić information content (AvgIpc) is 3.49. The van der Waals surface area contributed by atoms with Crippen molar-refractivity contribution < 1.29 is 35.5 Å². The number of fused-ring (bicyclic) bond motifs is 3. The van der Waals surface area contributed by atoms with Crippen LogP contribution >= 0.6 is 15.9 Å². The van der Waals surface area contributed by atoms with Gasteiger partial charge in [0.25, 0.3) is 5.92 Å². The Labute approximate surface area is 238 Å². The first-order valence-electron chi connectivity index (χ1n) is 12.6. The molecule has 0 bridgehead atoms. The molecule has 1 saturated carbocycles. The number of nitrogens with zero attached hydrogens (tertiary/aromatic N) is 3. The topological polar surface area (TPSA) is 73.8 Å². The number of hydrogen-bond acceptors (Lipinski definition) is 3. The summed E-state index contributed by atoms with van der Waals surface area (Å²) in [5.74, 6) is -5.01. The minimum atomic E-state index is -5.09. The van der Waals surface area contributed by atoms with E-state index >= 15 is 8.78 Å². The Hall–Kier alpha value is -3.40. The Kier molecular flexibility index (Phi) is 7.21. The molecule has 1 aromatic carbocycles. The van der Waals surface area contributed by atoms with Gasteiger partial charge < -0.3 is 5.73 Å². The lowest BCUT2D eigenvalue weighted by Gasteiger charge is -2.28. The summed E-state index contributed by atoms with van der Waals surface area (Å²) in [5, 5.41) is 3.52. The van der Waals surface area contributed by atoms with Crippen LogP contribution < -0.4 is 5.73 Å². The van der Waals surface area contributed by atoms with Crippen molar-refractivity contribution in [2.75, 3.05) is 0 Å². The number of aromatic nitrogens is 3. The van der Waals surface area contributed by atoms with Crippen LogP contribution in [0.5, 0.6) is 0 Å². The van der Waals surface area contributed by atoms with Crippen LogP contribution in [0.3, 0.4) is 0 Å². The van der Waals surface area contributed by atoms with E-state index in [1.807, 2.05) is 13.8 Å². The number of primary amides is 1. The maximum absolute atomic E-state index is 15.5. The van der Waals surface area contributed by atoms with Crippen molar-refractivity contribution in [2.24, 2.45) is 17.6 Å². The van der Waals surface area contributed by atoms with Gasteiger partial charge in [0.05, 0.1) is 5.69 Å². The zero-order valence-corrected chi connectivity index (χ0v) is 23.1. The molecule has 5 rings (SSSR count). The number of rotatable bonds is 6. The minimum Gasteiger partial charge on any atom is -0.368 e. The number of halogens is 8. The van der Waals surface area contributed by atoms with Crippen molar-refractivity contribution in [3.63, 3.8) is 0 Å². The smallest absolute Gasteiger partial charge is 0.368 e. The van der Waals surface area contributed by atoms with E-state index < -0.39 is 76.8 Å². The molecule has 216 valence electrons. The molecule has 2 aromatic heterocycles. The second kappa shape index (κ2) is 10.2. The van der Waals surface area contributed by atoms with Crippen molar-refractivity contribution in [2.45, 2.75) is 56.7 Å². The Balaban J connectivity index is 1.75. The van der Waals surface area contributed by atoms with Crippen molar-refractivity contribution in [3.05, 3.63) is 80.3 Å². The number of hydrogen-bond donors (Lipinski definition) is 1. The van der Waals surface area contributed by atoms with Gasteiger partial charge in [-0.2, -0.15) is 27.1 Å². The van der Waals surface area contributed by atoms with E-state index in [0.717, 1.165) is 12.1 Å². The largest absolute Gasteiger partial charge is 0.435 e. The van der Waals surface area contributed by atoms with E-state index in [0.29, 0.717) is 10.7 Å². The molecule has 2 N–H and O–H groups in total. The van der Waals surface area contributed by atoms with Gasteiger partial charge in [0.1, 0.15) is 29.1 Å². The van der Waals surface area contributed by atoms with Gasteiger partial charge >= 0.3 is 6.18 Å². The van der Waals surface area contributed by atoms with E-state index in [1.165, 1.54) is 12.1 Å². The molecule has 2 aliphatic rings. The summed E-state index contributed by atoms with van der Waals surface area (Å²) in [6, 6.07) is 3.65. The standard InChI is InChI=1S/C28H22BrF7N4O/c1-12(2)3-4-16-5-6-20(29)22(38-16)18(9-13-7-14(30)10-15(31)8-13)23(26(37)41)40-25-21(24(39-40)28(34,35)36)17-11-19(17)27(25,32)33/h5-8,10,12,17-19,23H,9,11H2,1-2H3,(H2,37,41)/t17-,18+,19+,23?/m0/s1. The quantitative estimate of drug-likeness (QED) is 0.243. The number of carbonyl (C=O) groups is 1. The number of pyridine rings is 1. The van der Waals surface area contributed by atoms with Gasteiger partial charge in [-0.25, -0.2) is 18.4 Å². The third kappa shape index (κ3) is 5.34. The minimum absolute atomic E-state index is 0.0123. The molecule has 13 heteroatoms. The number of carbonyl (C=O) groups excluding carboxylic acids is 1. The summed E-state index contributed by atoms with van der Waals surface area (Å²) < 4.78 is 102. The molecule has 0 aliphatic heterocycles. The van der Waals surface area contributed by atoms with Crippen molar-refractivity contribution >= 4 is 21.8 Å². The summed E-state index contributed by atoms with van der Waals surface area (Å²) in [5.41, 5.74) is 2.72. The molecule has 41 heavy (non-hydrogen) atoms. The van der Waals surface area contributed by atoms with Crippen molar-refractivity contribution in [1.82, 2.24) is 14.8 Å². The fourth-order valence-electron chi connectivity index (χ4n) is 5.47. The molecule has 0 saturated heterocycles. The molecule has 0 spiro atoms. The van der Waals surface area contributed by atoms with Gasteiger partial charge in [0.15, 0.2) is 5.69 Å². The van der Waals surface area contributed by atoms with Crippen molar-refractivity contribution in [3.8, 4) is 11.8 Å². The van der Waals surface area contributed by atoms with Crippen LogP contribution in [0, 0.1) is 35.3 Å². The highest BCUT2D eigenvalue weighted by Gasteiger charge is 2.69. The summed E-state index contributed by atoms with van der Waals surface area (Å²) in [4.78, 5) is 17.5. The second-order valence-electron chi connectivity index (χ2n) is 10.5. The second-order valence-corrected chi connectivity index (χ2v) is 11.4. The van der Waals surface area contributed by atoms with E-state index in [9.17, 15) is 26.7 Å². The Bertz CT molecular complexity index is 1580. The first-order chi connectivity index (χ1) is 19.1. The predicted molar refractivity (Wildman–Crippen MR) is 137 cm³/mol.